The van der Waals surface area contributed by atoms with Gasteiger partial charge in [-0.05, 0) is 30.7 Å². The molecule has 0 spiro atoms. The Bertz CT molecular complexity index is 496. The van der Waals surface area contributed by atoms with E-state index in [9.17, 15) is 0 Å². The molecule has 0 saturated carbocycles. The molecule has 1 aromatic heterocycles. The molecule has 0 unspecified atom stereocenters. The fourth-order valence-electron chi connectivity index (χ4n) is 1.58. The predicted octanol–water partition coefficient (Wildman–Crippen LogP) is 2.99. The van der Waals surface area contributed by atoms with E-state index >= 15 is 0 Å². The number of thioether (sulfide) groups is 1. The molecule has 0 saturated heterocycles. The molecule has 2 rings (SSSR count). The van der Waals surface area contributed by atoms with Crippen LogP contribution in [0.5, 0.6) is 11.5 Å². The van der Waals surface area contributed by atoms with Gasteiger partial charge in [-0.1, -0.05) is 11.8 Å². The van der Waals surface area contributed by atoms with Crippen molar-refractivity contribution in [2.24, 2.45) is 7.05 Å². The van der Waals surface area contributed by atoms with E-state index in [1.165, 1.54) is 0 Å². The monoisotopic (exact) mass is 278 g/mol. The number of rotatable bonds is 7. The molecule has 1 heterocycles. The molecule has 0 fully saturated rings. The average Bonchev–Trinajstić information content (AvgIpc) is 2.85. The fraction of sp³-hybridized carbons (Fsp3) is 0.357. The maximum Gasteiger partial charge on any atom is 0.167 e. The van der Waals surface area contributed by atoms with E-state index in [0.717, 1.165) is 28.8 Å². The summed E-state index contributed by atoms with van der Waals surface area (Å²) in [5.41, 5.74) is 0. The SMILES string of the molecule is COc1ccc(OCCCSc2nccn2C)cc1. The van der Waals surface area contributed by atoms with Crippen molar-refractivity contribution >= 4 is 11.8 Å². The van der Waals surface area contributed by atoms with Crippen LogP contribution in [0.1, 0.15) is 6.42 Å². The molecule has 4 nitrogen and oxygen atoms in total. The van der Waals surface area contributed by atoms with Gasteiger partial charge in [0.25, 0.3) is 0 Å². The van der Waals surface area contributed by atoms with Crippen LogP contribution in [0.4, 0.5) is 0 Å². The van der Waals surface area contributed by atoms with Crippen molar-refractivity contribution in [3.05, 3.63) is 36.7 Å². The highest BCUT2D eigenvalue weighted by Crippen LogP contribution is 2.18. The molecule has 0 amide bonds. The molecule has 2 aromatic rings. The molecule has 5 heteroatoms. The van der Waals surface area contributed by atoms with Crippen molar-refractivity contribution in [2.75, 3.05) is 19.5 Å². The van der Waals surface area contributed by atoms with Crippen molar-refractivity contribution in [3.63, 3.8) is 0 Å². The van der Waals surface area contributed by atoms with E-state index in [0.29, 0.717) is 6.61 Å². The zero-order chi connectivity index (χ0) is 13.5. The molecule has 0 aliphatic rings. The summed E-state index contributed by atoms with van der Waals surface area (Å²) < 4.78 is 12.8. The van der Waals surface area contributed by atoms with Crippen LogP contribution in [0.15, 0.2) is 41.8 Å². The fourth-order valence-corrected chi connectivity index (χ4v) is 2.42. The van der Waals surface area contributed by atoms with Gasteiger partial charge in [0.2, 0.25) is 0 Å². The highest BCUT2D eigenvalue weighted by atomic mass is 32.2. The largest absolute Gasteiger partial charge is 0.497 e. The molecule has 102 valence electrons. The summed E-state index contributed by atoms with van der Waals surface area (Å²) >= 11 is 1.75. The van der Waals surface area contributed by atoms with Gasteiger partial charge in [0.1, 0.15) is 11.5 Å². The lowest BCUT2D eigenvalue weighted by atomic mass is 10.3. The number of aromatic nitrogens is 2. The Morgan fingerprint density at radius 1 is 1.21 bits per heavy atom. The van der Waals surface area contributed by atoms with Gasteiger partial charge in [-0.3, -0.25) is 0 Å². The second-order valence-electron chi connectivity index (χ2n) is 4.05. The Kier molecular flexibility index (Phi) is 5.15. The van der Waals surface area contributed by atoms with Crippen LogP contribution in [0.2, 0.25) is 0 Å². The van der Waals surface area contributed by atoms with Crippen molar-refractivity contribution in [2.45, 2.75) is 11.6 Å². The van der Waals surface area contributed by atoms with Crippen molar-refractivity contribution < 1.29 is 9.47 Å². The zero-order valence-corrected chi connectivity index (χ0v) is 12.0. The van der Waals surface area contributed by atoms with Crippen LogP contribution in [-0.4, -0.2) is 29.0 Å². The van der Waals surface area contributed by atoms with Crippen molar-refractivity contribution in [1.29, 1.82) is 0 Å². The Morgan fingerprint density at radius 3 is 2.58 bits per heavy atom. The summed E-state index contributed by atoms with van der Waals surface area (Å²) in [6.07, 6.45) is 4.76. The van der Waals surface area contributed by atoms with Crippen LogP contribution >= 0.6 is 11.8 Å². The second kappa shape index (κ2) is 7.09. The van der Waals surface area contributed by atoms with Crippen LogP contribution in [0, 0.1) is 0 Å². The molecule has 1 aromatic carbocycles. The van der Waals surface area contributed by atoms with Gasteiger partial charge >= 0.3 is 0 Å². The molecule has 0 radical (unpaired) electrons. The smallest absolute Gasteiger partial charge is 0.167 e. The van der Waals surface area contributed by atoms with Crippen molar-refractivity contribution in [1.82, 2.24) is 9.55 Å². The van der Waals surface area contributed by atoms with Crippen molar-refractivity contribution in [3.8, 4) is 11.5 Å². The lowest BCUT2D eigenvalue weighted by Crippen LogP contribution is -1.99. The number of ether oxygens (including phenoxy) is 2. The van der Waals surface area contributed by atoms with E-state index in [1.54, 1.807) is 18.9 Å². The minimum atomic E-state index is 0.712. The first kappa shape index (κ1) is 13.8. The van der Waals surface area contributed by atoms with Gasteiger partial charge in [0, 0.05) is 25.2 Å². The first-order chi connectivity index (χ1) is 9.29. The number of nitrogens with zero attached hydrogens (tertiary/aromatic N) is 2. The van der Waals surface area contributed by atoms with E-state index in [4.69, 9.17) is 9.47 Å². The zero-order valence-electron chi connectivity index (χ0n) is 11.2. The molecule has 0 aliphatic heterocycles. The summed E-state index contributed by atoms with van der Waals surface area (Å²) in [5, 5.41) is 1.05. The Morgan fingerprint density at radius 2 is 1.95 bits per heavy atom. The van der Waals surface area contributed by atoms with Gasteiger partial charge < -0.3 is 14.0 Å². The Hall–Kier alpha value is -1.62. The molecular weight excluding hydrogens is 260 g/mol. The third-order valence-electron chi connectivity index (χ3n) is 2.62. The van der Waals surface area contributed by atoms with Crippen LogP contribution < -0.4 is 9.47 Å². The Labute approximate surface area is 117 Å². The number of hydrogen-bond donors (Lipinski definition) is 0. The standard InChI is InChI=1S/C14H18N2O2S/c1-16-9-8-15-14(16)19-11-3-10-18-13-6-4-12(17-2)5-7-13/h4-9H,3,10-11H2,1-2H3. The van der Waals surface area contributed by atoms with E-state index in [2.05, 4.69) is 4.98 Å². The molecule has 0 aliphatic carbocycles. The van der Waals surface area contributed by atoms with E-state index in [1.807, 2.05) is 48.3 Å². The van der Waals surface area contributed by atoms with Gasteiger partial charge in [0.15, 0.2) is 5.16 Å². The minimum Gasteiger partial charge on any atom is -0.497 e. The molecular formula is C14H18N2O2S. The first-order valence-electron chi connectivity index (χ1n) is 6.16. The molecule has 19 heavy (non-hydrogen) atoms. The minimum absolute atomic E-state index is 0.712. The maximum atomic E-state index is 5.66. The van der Waals surface area contributed by atoms with E-state index < -0.39 is 0 Å². The highest BCUT2D eigenvalue weighted by molar-refractivity contribution is 7.99. The molecule has 0 N–H and O–H groups in total. The second-order valence-corrected chi connectivity index (χ2v) is 5.11. The highest BCUT2D eigenvalue weighted by Gasteiger charge is 2.00. The summed E-state index contributed by atoms with van der Waals surface area (Å²) in [6.45, 7) is 0.712. The summed E-state index contributed by atoms with van der Waals surface area (Å²) in [6, 6.07) is 7.64. The van der Waals surface area contributed by atoms with Gasteiger partial charge in [0.05, 0.1) is 13.7 Å². The van der Waals surface area contributed by atoms with Gasteiger partial charge in [-0.2, -0.15) is 0 Å². The van der Waals surface area contributed by atoms with E-state index in [-0.39, 0.29) is 0 Å². The summed E-state index contributed by atoms with van der Waals surface area (Å²) in [7, 11) is 3.66. The lowest BCUT2D eigenvalue weighted by Gasteiger charge is -2.06. The summed E-state index contributed by atoms with van der Waals surface area (Å²) in [4.78, 5) is 4.26. The molecule has 0 atom stereocenters. The van der Waals surface area contributed by atoms with Crippen LogP contribution in [-0.2, 0) is 7.05 Å². The lowest BCUT2D eigenvalue weighted by molar-refractivity contribution is 0.318. The number of methoxy groups -OCH3 is 1. The number of aryl methyl sites for hydroxylation is 1. The molecule has 0 bridgehead atoms. The van der Waals surface area contributed by atoms with Gasteiger partial charge in [-0.25, -0.2) is 4.98 Å². The number of imidazole rings is 1. The number of benzene rings is 1. The first-order valence-corrected chi connectivity index (χ1v) is 7.15. The van der Waals surface area contributed by atoms with Crippen LogP contribution in [0.25, 0.3) is 0 Å². The quantitative estimate of drug-likeness (QED) is 0.576. The third-order valence-corrected chi connectivity index (χ3v) is 3.77. The maximum absolute atomic E-state index is 5.66. The normalized spacial score (nSPS) is 10.4. The predicted molar refractivity (Wildman–Crippen MR) is 77.0 cm³/mol. The summed E-state index contributed by atoms with van der Waals surface area (Å²) in [5.74, 6) is 2.72. The topological polar surface area (TPSA) is 36.3 Å². The number of hydrogen-bond acceptors (Lipinski definition) is 4. The van der Waals surface area contributed by atoms with Crippen LogP contribution in [0.3, 0.4) is 0 Å². The third kappa shape index (κ3) is 4.21. The Balaban J connectivity index is 1.65. The average molecular weight is 278 g/mol. The van der Waals surface area contributed by atoms with Gasteiger partial charge in [-0.15, -0.1) is 0 Å².